The molecule has 5 heteroatoms. The maximum Gasteiger partial charge on any atom is 0.305 e. The summed E-state index contributed by atoms with van der Waals surface area (Å²) in [6, 6.07) is 0. The second-order valence-corrected chi connectivity index (χ2v) is 2.83. The van der Waals surface area contributed by atoms with Crippen LogP contribution in [-0.4, -0.2) is 28.9 Å². The molecule has 0 saturated carbocycles. The van der Waals surface area contributed by atoms with E-state index in [1.807, 2.05) is 0 Å². The van der Waals surface area contributed by atoms with Crippen molar-refractivity contribution in [2.24, 2.45) is 0 Å². The molecule has 76 valence electrons. The molecule has 5 nitrogen and oxygen atoms in total. The monoisotopic (exact) mass is 196 g/mol. The SMILES string of the molecule is COC(=O)CCCn1cnc(C=O)c1. The zero-order valence-corrected chi connectivity index (χ0v) is 7.97. The van der Waals surface area contributed by atoms with Crippen molar-refractivity contribution in [3.05, 3.63) is 18.2 Å². The number of methoxy groups -OCH3 is 1. The van der Waals surface area contributed by atoms with Gasteiger partial charge in [0.05, 0.1) is 13.4 Å². The highest BCUT2D eigenvalue weighted by atomic mass is 16.5. The van der Waals surface area contributed by atoms with Crippen LogP contribution in [0.1, 0.15) is 23.3 Å². The number of aryl methyl sites for hydroxylation is 1. The number of carbonyl (C=O) groups excluding carboxylic acids is 2. The number of hydrogen-bond acceptors (Lipinski definition) is 4. The number of aromatic nitrogens is 2. The van der Waals surface area contributed by atoms with Crippen LogP contribution in [0.2, 0.25) is 0 Å². The Kier molecular flexibility index (Phi) is 3.84. The van der Waals surface area contributed by atoms with E-state index < -0.39 is 0 Å². The Morgan fingerprint density at radius 3 is 3.07 bits per heavy atom. The number of imidazole rings is 1. The average Bonchev–Trinajstić information content (AvgIpc) is 2.65. The van der Waals surface area contributed by atoms with Crippen LogP contribution in [0.5, 0.6) is 0 Å². The van der Waals surface area contributed by atoms with E-state index in [0.29, 0.717) is 31.4 Å². The molecule has 0 aromatic carbocycles. The van der Waals surface area contributed by atoms with Gasteiger partial charge in [0.2, 0.25) is 0 Å². The van der Waals surface area contributed by atoms with Crippen molar-refractivity contribution in [1.82, 2.24) is 9.55 Å². The van der Waals surface area contributed by atoms with E-state index >= 15 is 0 Å². The molecule has 1 aromatic heterocycles. The van der Waals surface area contributed by atoms with Gasteiger partial charge in [-0.05, 0) is 6.42 Å². The third kappa shape index (κ3) is 3.01. The van der Waals surface area contributed by atoms with Crippen LogP contribution in [-0.2, 0) is 16.1 Å². The highest BCUT2D eigenvalue weighted by molar-refractivity contribution is 5.71. The van der Waals surface area contributed by atoms with Gasteiger partial charge in [0.1, 0.15) is 5.69 Å². The van der Waals surface area contributed by atoms with Crippen LogP contribution in [0.4, 0.5) is 0 Å². The molecule has 0 spiro atoms. The maximum atomic E-state index is 10.8. The van der Waals surface area contributed by atoms with Crippen LogP contribution in [0, 0.1) is 0 Å². The molecule has 1 heterocycles. The molecule has 1 aromatic rings. The Morgan fingerprint density at radius 2 is 2.50 bits per heavy atom. The molecular weight excluding hydrogens is 184 g/mol. The quantitative estimate of drug-likeness (QED) is 0.512. The maximum absolute atomic E-state index is 10.8. The summed E-state index contributed by atoms with van der Waals surface area (Å²) in [5.41, 5.74) is 0.406. The summed E-state index contributed by atoms with van der Waals surface area (Å²) in [7, 11) is 1.37. The summed E-state index contributed by atoms with van der Waals surface area (Å²) in [4.78, 5) is 24.9. The smallest absolute Gasteiger partial charge is 0.305 e. The first-order valence-electron chi connectivity index (χ1n) is 4.30. The van der Waals surface area contributed by atoms with E-state index in [9.17, 15) is 9.59 Å². The highest BCUT2D eigenvalue weighted by Crippen LogP contribution is 1.98. The lowest BCUT2D eigenvalue weighted by atomic mass is 10.3. The van der Waals surface area contributed by atoms with Crippen molar-refractivity contribution in [1.29, 1.82) is 0 Å². The Balaban J connectivity index is 2.31. The number of esters is 1. The average molecular weight is 196 g/mol. The number of nitrogens with zero attached hydrogens (tertiary/aromatic N) is 2. The highest BCUT2D eigenvalue weighted by Gasteiger charge is 2.00. The van der Waals surface area contributed by atoms with Gasteiger partial charge >= 0.3 is 5.97 Å². The van der Waals surface area contributed by atoms with Gasteiger partial charge in [-0.25, -0.2) is 4.98 Å². The molecule has 0 fully saturated rings. The summed E-state index contributed by atoms with van der Waals surface area (Å²) >= 11 is 0. The van der Waals surface area contributed by atoms with E-state index in [0.717, 1.165) is 0 Å². The van der Waals surface area contributed by atoms with E-state index in [-0.39, 0.29) is 5.97 Å². The summed E-state index contributed by atoms with van der Waals surface area (Å²) in [6.07, 6.45) is 4.97. The molecular formula is C9H12N2O3. The Morgan fingerprint density at radius 1 is 1.71 bits per heavy atom. The van der Waals surface area contributed by atoms with Crippen molar-refractivity contribution in [2.75, 3.05) is 7.11 Å². The fraction of sp³-hybridized carbons (Fsp3) is 0.444. The van der Waals surface area contributed by atoms with Crippen LogP contribution in [0.15, 0.2) is 12.5 Å². The van der Waals surface area contributed by atoms with Gasteiger partial charge in [-0.1, -0.05) is 0 Å². The normalized spacial score (nSPS) is 9.79. The van der Waals surface area contributed by atoms with Crippen LogP contribution >= 0.6 is 0 Å². The summed E-state index contributed by atoms with van der Waals surface area (Å²) in [6.45, 7) is 0.663. The fourth-order valence-corrected chi connectivity index (χ4v) is 1.07. The van der Waals surface area contributed by atoms with Gasteiger partial charge in [-0.3, -0.25) is 9.59 Å². The van der Waals surface area contributed by atoms with Gasteiger partial charge in [-0.2, -0.15) is 0 Å². The van der Waals surface area contributed by atoms with Gasteiger partial charge in [0.15, 0.2) is 6.29 Å². The Labute approximate surface area is 81.7 Å². The summed E-state index contributed by atoms with van der Waals surface area (Å²) in [5, 5.41) is 0. The lowest BCUT2D eigenvalue weighted by Crippen LogP contribution is -2.02. The molecule has 0 saturated heterocycles. The minimum atomic E-state index is -0.222. The Bertz CT molecular complexity index is 320. The van der Waals surface area contributed by atoms with Crippen LogP contribution in [0.25, 0.3) is 0 Å². The van der Waals surface area contributed by atoms with E-state index in [4.69, 9.17) is 0 Å². The zero-order chi connectivity index (χ0) is 10.4. The zero-order valence-electron chi connectivity index (χ0n) is 7.97. The first-order valence-corrected chi connectivity index (χ1v) is 4.30. The van der Waals surface area contributed by atoms with Gasteiger partial charge in [0, 0.05) is 19.2 Å². The van der Waals surface area contributed by atoms with Crippen molar-refractivity contribution in [3.8, 4) is 0 Å². The van der Waals surface area contributed by atoms with Crippen molar-refractivity contribution >= 4 is 12.3 Å². The predicted octanol–water partition coefficient (Wildman–Crippen LogP) is 0.649. The summed E-state index contributed by atoms with van der Waals surface area (Å²) in [5.74, 6) is -0.222. The van der Waals surface area contributed by atoms with Crippen molar-refractivity contribution in [3.63, 3.8) is 0 Å². The van der Waals surface area contributed by atoms with Crippen LogP contribution < -0.4 is 0 Å². The van der Waals surface area contributed by atoms with E-state index in [1.54, 1.807) is 17.1 Å². The largest absolute Gasteiger partial charge is 0.469 e. The van der Waals surface area contributed by atoms with Crippen LogP contribution in [0.3, 0.4) is 0 Å². The van der Waals surface area contributed by atoms with Gasteiger partial charge < -0.3 is 9.30 Å². The fourth-order valence-electron chi connectivity index (χ4n) is 1.07. The first-order chi connectivity index (χ1) is 6.76. The minimum absolute atomic E-state index is 0.222. The topological polar surface area (TPSA) is 61.2 Å². The van der Waals surface area contributed by atoms with Crippen molar-refractivity contribution in [2.45, 2.75) is 19.4 Å². The number of ether oxygens (including phenoxy) is 1. The molecule has 0 bridgehead atoms. The number of aldehydes is 1. The second-order valence-electron chi connectivity index (χ2n) is 2.83. The lowest BCUT2D eigenvalue weighted by Gasteiger charge is -2.00. The number of rotatable bonds is 5. The second kappa shape index (κ2) is 5.16. The molecule has 0 amide bonds. The third-order valence-electron chi connectivity index (χ3n) is 1.80. The molecule has 0 aliphatic carbocycles. The Hall–Kier alpha value is -1.65. The molecule has 0 aliphatic heterocycles. The molecule has 0 atom stereocenters. The number of carbonyl (C=O) groups is 2. The molecule has 1 rings (SSSR count). The minimum Gasteiger partial charge on any atom is -0.469 e. The third-order valence-corrected chi connectivity index (χ3v) is 1.80. The van der Waals surface area contributed by atoms with Crippen molar-refractivity contribution < 1.29 is 14.3 Å². The predicted molar refractivity (Wildman–Crippen MR) is 48.9 cm³/mol. The number of hydrogen-bond donors (Lipinski definition) is 0. The molecule has 14 heavy (non-hydrogen) atoms. The van der Waals surface area contributed by atoms with Gasteiger partial charge in [-0.15, -0.1) is 0 Å². The molecule has 0 aliphatic rings. The molecule has 0 unspecified atom stereocenters. The first kappa shape index (κ1) is 10.4. The molecule has 0 N–H and O–H groups in total. The molecule has 0 radical (unpaired) electrons. The standard InChI is InChI=1S/C9H12N2O3/c1-14-9(13)3-2-4-11-5-8(6-12)10-7-11/h5-7H,2-4H2,1H3. The summed E-state index contributed by atoms with van der Waals surface area (Å²) < 4.78 is 6.27. The van der Waals surface area contributed by atoms with E-state index in [2.05, 4.69) is 9.72 Å². The van der Waals surface area contributed by atoms with E-state index in [1.165, 1.54) is 7.11 Å². The lowest BCUT2D eigenvalue weighted by molar-refractivity contribution is -0.140. The van der Waals surface area contributed by atoms with Gasteiger partial charge in [0.25, 0.3) is 0 Å².